The number of ether oxygens (including phenoxy) is 1. The van der Waals surface area contributed by atoms with Gasteiger partial charge in [0.25, 0.3) is 0 Å². The predicted molar refractivity (Wildman–Crippen MR) is 81.4 cm³/mol. The highest BCUT2D eigenvalue weighted by Crippen LogP contribution is 2.25. The quantitative estimate of drug-likeness (QED) is 0.789. The molecular weight excluding hydrogens is 250 g/mol. The molecule has 1 saturated heterocycles. The van der Waals surface area contributed by atoms with Crippen LogP contribution in [0.1, 0.15) is 44.0 Å². The van der Waals surface area contributed by atoms with Crippen LogP contribution >= 0.6 is 0 Å². The van der Waals surface area contributed by atoms with Gasteiger partial charge in [-0.3, -0.25) is 9.69 Å². The third-order valence-electron chi connectivity index (χ3n) is 4.44. The van der Waals surface area contributed by atoms with Gasteiger partial charge in [0, 0.05) is 11.6 Å². The van der Waals surface area contributed by atoms with Crippen LogP contribution in [0.2, 0.25) is 0 Å². The van der Waals surface area contributed by atoms with Gasteiger partial charge in [-0.15, -0.1) is 0 Å². The van der Waals surface area contributed by atoms with E-state index in [0.717, 1.165) is 23.8 Å². The maximum Gasteiger partial charge on any atom is 0.179 e. The minimum Gasteiger partial charge on any atom is -0.497 e. The molecule has 20 heavy (non-hydrogen) atoms. The summed E-state index contributed by atoms with van der Waals surface area (Å²) >= 11 is 0. The Balaban J connectivity index is 2.07. The number of carbonyl (C=O) groups is 1. The second-order valence-electron chi connectivity index (χ2n) is 5.99. The number of benzene rings is 1. The number of likely N-dealkylation sites (tertiary alicyclic amines) is 1. The summed E-state index contributed by atoms with van der Waals surface area (Å²) in [5, 5.41) is 0. The number of rotatable bonds is 4. The lowest BCUT2D eigenvalue weighted by molar-refractivity contribution is 0.0628. The minimum absolute atomic E-state index is 0.0501. The number of ketones is 1. The molecule has 0 aromatic heterocycles. The molecule has 1 aromatic carbocycles. The molecule has 110 valence electrons. The molecule has 1 fully saturated rings. The van der Waals surface area contributed by atoms with Crippen molar-refractivity contribution in [2.24, 2.45) is 5.92 Å². The monoisotopic (exact) mass is 275 g/mol. The molecule has 1 heterocycles. The summed E-state index contributed by atoms with van der Waals surface area (Å²) in [7, 11) is 1.63. The first-order valence-corrected chi connectivity index (χ1v) is 7.47. The topological polar surface area (TPSA) is 29.5 Å². The third kappa shape index (κ3) is 3.21. The SMILES string of the molecule is COc1ccc(C(=O)C(C)N2CCC(C)CC2C)cc1. The summed E-state index contributed by atoms with van der Waals surface area (Å²) < 4.78 is 5.13. The third-order valence-corrected chi connectivity index (χ3v) is 4.44. The summed E-state index contributed by atoms with van der Waals surface area (Å²) in [6.07, 6.45) is 2.37. The van der Waals surface area contributed by atoms with Gasteiger partial charge >= 0.3 is 0 Å². The van der Waals surface area contributed by atoms with Crippen molar-refractivity contribution in [2.75, 3.05) is 13.7 Å². The molecule has 2 rings (SSSR count). The number of hydrogen-bond acceptors (Lipinski definition) is 3. The Kier molecular flexibility index (Phi) is 4.81. The van der Waals surface area contributed by atoms with Gasteiger partial charge in [0.2, 0.25) is 0 Å². The largest absolute Gasteiger partial charge is 0.497 e. The van der Waals surface area contributed by atoms with Crippen molar-refractivity contribution >= 4 is 5.78 Å². The number of piperidine rings is 1. The van der Waals surface area contributed by atoms with E-state index in [9.17, 15) is 4.79 Å². The van der Waals surface area contributed by atoms with E-state index in [0.29, 0.717) is 6.04 Å². The summed E-state index contributed by atoms with van der Waals surface area (Å²) in [4.78, 5) is 14.9. The standard InChI is InChI=1S/C17H25NO2/c1-12-9-10-18(13(2)11-12)14(3)17(19)15-5-7-16(20-4)8-6-15/h5-8,12-14H,9-11H2,1-4H3. The van der Waals surface area contributed by atoms with Crippen molar-refractivity contribution in [1.82, 2.24) is 4.90 Å². The van der Waals surface area contributed by atoms with Crippen LogP contribution < -0.4 is 4.74 Å². The lowest BCUT2D eigenvalue weighted by atomic mass is 9.91. The Hall–Kier alpha value is -1.35. The first-order valence-electron chi connectivity index (χ1n) is 7.47. The van der Waals surface area contributed by atoms with Gasteiger partial charge in [0.1, 0.15) is 5.75 Å². The fraction of sp³-hybridized carbons (Fsp3) is 0.588. The smallest absolute Gasteiger partial charge is 0.179 e. The first kappa shape index (κ1) is 15.0. The fourth-order valence-electron chi connectivity index (χ4n) is 3.15. The van der Waals surface area contributed by atoms with E-state index in [2.05, 4.69) is 18.7 Å². The number of Topliss-reactive ketones (excluding diaryl/α,β-unsaturated/α-hetero) is 1. The predicted octanol–water partition coefficient (Wildman–Crippen LogP) is 3.39. The number of nitrogens with zero attached hydrogens (tertiary/aromatic N) is 1. The molecule has 1 aliphatic heterocycles. The van der Waals surface area contributed by atoms with Gasteiger partial charge in [-0.2, -0.15) is 0 Å². The average molecular weight is 275 g/mol. The molecule has 0 saturated carbocycles. The van der Waals surface area contributed by atoms with E-state index in [1.165, 1.54) is 12.8 Å². The maximum absolute atomic E-state index is 12.6. The molecule has 0 aliphatic carbocycles. The average Bonchev–Trinajstić information content (AvgIpc) is 2.46. The van der Waals surface area contributed by atoms with Crippen LogP contribution in [0.15, 0.2) is 24.3 Å². The Morgan fingerprint density at radius 2 is 1.95 bits per heavy atom. The van der Waals surface area contributed by atoms with E-state index in [1.807, 2.05) is 31.2 Å². The summed E-state index contributed by atoms with van der Waals surface area (Å²) in [6, 6.07) is 7.84. The van der Waals surface area contributed by atoms with Crippen LogP contribution in [-0.4, -0.2) is 36.4 Å². The van der Waals surface area contributed by atoms with Crippen molar-refractivity contribution in [2.45, 2.75) is 45.7 Å². The van der Waals surface area contributed by atoms with Crippen molar-refractivity contribution in [1.29, 1.82) is 0 Å². The van der Waals surface area contributed by atoms with E-state index >= 15 is 0 Å². The summed E-state index contributed by atoms with van der Waals surface area (Å²) in [5.74, 6) is 1.76. The zero-order valence-electron chi connectivity index (χ0n) is 12.9. The molecule has 3 heteroatoms. The number of carbonyl (C=O) groups excluding carboxylic acids is 1. The molecule has 1 aliphatic rings. The van der Waals surface area contributed by atoms with Crippen molar-refractivity contribution in [3.63, 3.8) is 0 Å². The maximum atomic E-state index is 12.6. The second-order valence-corrected chi connectivity index (χ2v) is 5.99. The number of methoxy groups -OCH3 is 1. The zero-order chi connectivity index (χ0) is 14.7. The van der Waals surface area contributed by atoms with Gasteiger partial charge in [-0.25, -0.2) is 0 Å². The first-order chi connectivity index (χ1) is 9.52. The number of hydrogen-bond donors (Lipinski definition) is 0. The highest BCUT2D eigenvalue weighted by atomic mass is 16.5. The van der Waals surface area contributed by atoms with E-state index in [1.54, 1.807) is 7.11 Å². The van der Waals surface area contributed by atoms with Gasteiger partial charge in [-0.1, -0.05) is 6.92 Å². The van der Waals surface area contributed by atoms with Crippen molar-refractivity contribution < 1.29 is 9.53 Å². The van der Waals surface area contributed by atoms with Crippen LogP contribution in [0.25, 0.3) is 0 Å². The van der Waals surface area contributed by atoms with E-state index in [-0.39, 0.29) is 11.8 Å². The lowest BCUT2D eigenvalue weighted by Gasteiger charge is -2.39. The van der Waals surface area contributed by atoms with E-state index < -0.39 is 0 Å². The van der Waals surface area contributed by atoms with Crippen molar-refractivity contribution in [3.8, 4) is 5.75 Å². The lowest BCUT2D eigenvalue weighted by Crippen LogP contribution is -2.48. The second kappa shape index (κ2) is 6.40. The normalized spacial score (nSPS) is 25.2. The Morgan fingerprint density at radius 3 is 2.50 bits per heavy atom. The highest BCUT2D eigenvalue weighted by Gasteiger charge is 2.30. The van der Waals surface area contributed by atoms with Gasteiger partial charge in [0.15, 0.2) is 5.78 Å². The molecule has 3 nitrogen and oxygen atoms in total. The van der Waals surface area contributed by atoms with Crippen LogP contribution in [0, 0.1) is 5.92 Å². The Labute approximate surface area is 121 Å². The minimum atomic E-state index is -0.0501. The van der Waals surface area contributed by atoms with Crippen molar-refractivity contribution in [3.05, 3.63) is 29.8 Å². The van der Waals surface area contributed by atoms with Crippen LogP contribution in [0.3, 0.4) is 0 Å². The molecule has 1 aromatic rings. The molecule has 0 radical (unpaired) electrons. The van der Waals surface area contributed by atoms with Crippen LogP contribution in [0.4, 0.5) is 0 Å². The fourth-order valence-corrected chi connectivity index (χ4v) is 3.15. The molecule has 0 bridgehead atoms. The molecule has 0 spiro atoms. The molecule has 0 amide bonds. The molecule has 3 unspecified atom stereocenters. The molecular formula is C17H25NO2. The molecule has 0 N–H and O–H groups in total. The highest BCUT2D eigenvalue weighted by molar-refractivity contribution is 5.99. The molecule has 3 atom stereocenters. The van der Waals surface area contributed by atoms with Gasteiger partial charge in [-0.05, 0) is 63.4 Å². The Morgan fingerprint density at radius 1 is 1.30 bits per heavy atom. The summed E-state index contributed by atoms with van der Waals surface area (Å²) in [6.45, 7) is 7.57. The summed E-state index contributed by atoms with van der Waals surface area (Å²) in [5.41, 5.74) is 0.768. The van der Waals surface area contributed by atoms with E-state index in [4.69, 9.17) is 4.74 Å². The van der Waals surface area contributed by atoms with Gasteiger partial charge in [0.05, 0.1) is 13.2 Å². The zero-order valence-corrected chi connectivity index (χ0v) is 12.9. The van der Waals surface area contributed by atoms with Gasteiger partial charge < -0.3 is 4.74 Å². The Bertz CT molecular complexity index is 455. The van der Waals surface area contributed by atoms with Crippen LogP contribution in [0.5, 0.6) is 5.75 Å². The van der Waals surface area contributed by atoms with Crippen LogP contribution in [-0.2, 0) is 0 Å².